The smallest absolute Gasteiger partial charge is 0.191 e. The maximum absolute atomic E-state index is 5.72. The SMILES string of the molecule is CCc1nncn1CCNC(=NCC1CCCO1)NCCc1c[nH]c2ccccc12. The van der Waals surface area contributed by atoms with Gasteiger partial charge < -0.3 is 24.9 Å². The molecule has 2 aromatic heterocycles. The van der Waals surface area contributed by atoms with Crippen LogP contribution in [0.4, 0.5) is 0 Å². The quantitative estimate of drug-likeness (QED) is 0.372. The molecule has 3 N–H and O–H groups in total. The fraction of sp³-hybridized carbons (Fsp3) is 0.500. The summed E-state index contributed by atoms with van der Waals surface area (Å²) in [5.74, 6) is 1.83. The topological polar surface area (TPSA) is 92.2 Å². The van der Waals surface area contributed by atoms with E-state index in [4.69, 9.17) is 9.73 Å². The molecule has 1 fully saturated rings. The van der Waals surface area contributed by atoms with E-state index in [1.165, 1.54) is 16.5 Å². The van der Waals surface area contributed by atoms with Crippen LogP contribution in [-0.4, -0.2) is 58.1 Å². The molecule has 1 saturated heterocycles. The van der Waals surface area contributed by atoms with Crippen LogP contribution in [0.2, 0.25) is 0 Å². The van der Waals surface area contributed by atoms with Gasteiger partial charge in [0.15, 0.2) is 5.96 Å². The normalized spacial score (nSPS) is 17.0. The summed E-state index contributed by atoms with van der Waals surface area (Å²) >= 11 is 0. The summed E-state index contributed by atoms with van der Waals surface area (Å²) in [6, 6.07) is 8.41. The van der Waals surface area contributed by atoms with E-state index < -0.39 is 0 Å². The second-order valence-electron chi connectivity index (χ2n) is 7.58. The van der Waals surface area contributed by atoms with Crippen molar-refractivity contribution in [1.29, 1.82) is 0 Å². The molecular formula is C22H31N7O. The first-order valence-electron chi connectivity index (χ1n) is 10.9. The van der Waals surface area contributed by atoms with Crippen LogP contribution in [-0.2, 0) is 24.1 Å². The lowest BCUT2D eigenvalue weighted by Crippen LogP contribution is -2.40. The number of rotatable bonds is 9. The van der Waals surface area contributed by atoms with Crippen molar-refractivity contribution in [2.45, 2.75) is 45.3 Å². The first kappa shape index (κ1) is 20.4. The van der Waals surface area contributed by atoms with Crippen LogP contribution in [0, 0.1) is 0 Å². The number of hydrogen-bond donors (Lipinski definition) is 3. The Balaban J connectivity index is 1.32. The molecule has 3 aromatic rings. The van der Waals surface area contributed by atoms with E-state index in [9.17, 15) is 0 Å². The minimum Gasteiger partial charge on any atom is -0.376 e. The molecule has 8 heteroatoms. The molecular weight excluding hydrogens is 378 g/mol. The third-order valence-corrected chi connectivity index (χ3v) is 5.50. The van der Waals surface area contributed by atoms with Crippen molar-refractivity contribution in [2.24, 2.45) is 4.99 Å². The second-order valence-corrected chi connectivity index (χ2v) is 7.58. The Labute approximate surface area is 177 Å². The molecule has 8 nitrogen and oxygen atoms in total. The minimum atomic E-state index is 0.238. The van der Waals surface area contributed by atoms with Crippen LogP contribution < -0.4 is 10.6 Å². The number of guanidine groups is 1. The molecule has 1 atom stereocenters. The van der Waals surface area contributed by atoms with Crippen LogP contribution in [0.1, 0.15) is 31.2 Å². The fourth-order valence-corrected chi connectivity index (χ4v) is 3.84. The Bertz CT molecular complexity index is 955. The molecule has 1 aliphatic heterocycles. The Hall–Kier alpha value is -2.87. The molecule has 0 radical (unpaired) electrons. The number of aliphatic imine (C=N–C) groups is 1. The highest BCUT2D eigenvalue weighted by Gasteiger charge is 2.15. The molecule has 30 heavy (non-hydrogen) atoms. The third-order valence-electron chi connectivity index (χ3n) is 5.50. The maximum atomic E-state index is 5.72. The standard InChI is InChI=1S/C22H31N7O/c1-2-21-28-27-16-29(21)12-11-24-22(26-15-18-6-5-13-30-18)23-10-9-17-14-25-20-8-4-3-7-19(17)20/h3-4,7-8,14,16,18,25H,2,5-6,9-13,15H2,1H3,(H2,23,24,26). The number of aromatic nitrogens is 4. The van der Waals surface area contributed by atoms with Crippen LogP contribution >= 0.6 is 0 Å². The lowest BCUT2D eigenvalue weighted by atomic mass is 10.1. The highest BCUT2D eigenvalue weighted by atomic mass is 16.5. The minimum absolute atomic E-state index is 0.238. The predicted molar refractivity (Wildman–Crippen MR) is 119 cm³/mol. The van der Waals surface area contributed by atoms with Crippen molar-refractivity contribution in [3.05, 3.63) is 48.2 Å². The predicted octanol–water partition coefficient (Wildman–Crippen LogP) is 2.28. The Kier molecular flexibility index (Phi) is 6.97. The van der Waals surface area contributed by atoms with Gasteiger partial charge in [0.1, 0.15) is 12.2 Å². The van der Waals surface area contributed by atoms with Gasteiger partial charge in [0.2, 0.25) is 0 Å². The highest BCUT2D eigenvalue weighted by molar-refractivity contribution is 5.83. The van der Waals surface area contributed by atoms with Gasteiger partial charge in [-0.25, -0.2) is 0 Å². The Morgan fingerprint density at radius 3 is 3.07 bits per heavy atom. The molecule has 0 spiro atoms. The van der Waals surface area contributed by atoms with Gasteiger partial charge in [-0.3, -0.25) is 4.99 Å². The summed E-state index contributed by atoms with van der Waals surface area (Å²) < 4.78 is 7.80. The number of aryl methyl sites for hydroxylation is 1. The van der Waals surface area contributed by atoms with Gasteiger partial charge in [-0.2, -0.15) is 0 Å². The molecule has 0 amide bonds. The number of fused-ring (bicyclic) bond motifs is 1. The van der Waals surface area contributed by atoms with Gasteiger partial charge in [0.25, 0.3) is 0 Å². The molecule has 0 saturated carbocycles. The van der Waals surface area contributed by atoms with E-state index in [1.54, 1.807) is 6.33 Å². The van der Waals surface area contributed by atoms with E-state index in [1.807, 2.05) is 0 Å². The lowest BCUT2D eigenvalue weighted by Gasteiger charge is -2.14. The Morgan fingerprint density at radius 2 is 2.20 bits per heavy atom. The number of ether oxygens (including phenoxy) is 1. The molecule has 3 heterocycles. The van der Waals surface area contributed by atoms with Crippen LogP contribution in [0.5, 0.6) is 0 Å². The Morgan fingerprint density at radius 1 is 1.30 bits per heavy atom. The number of aromatic amines is 1. The summed E-state index contributed by atoms with van der Waals surface area (Å²) in [5, 5.41) is 16.4. The van der Waals surface area contributed by atoms with Crippen molar-refractivity contribution < 1.29 is 4.74 Å². The summed E-state index contributed by atoms with van der Waals surface area (Å²) in [5.41, 5.74) is 2.49. The van der Waals surface area contributed by atoms with Crippen molar-refractivity contribution in [2.75, 3.05) is 26.2 Å². The first-order valence-corrected chi connectivity index (χ1v) is 10.9. The van der Waals surface area contributed by atoms with Crippen molar-refractivity contribution in [1.82, 2.24) is 30.4 Å². The average molecular weight is 410 g/mol. The lowest BCUT2D eigenvalue weighted by molar-refractivity contribution is 0.117. The van der Waals surface area contributed by atoms with Gasteiger partial charge in [-0.1, -0.05) is 25.1 Å². The van der Waals surface area contributed by atoms with E-state index in [0.29, 0.717) is 6.54 Å². The molecule has 4 rings (SSSR count). The second kappa shape index (κ2) is 10.2. The largest absolute Gasteiger partial charge is 0.376 e. The average Bonchev–Trinajstić information content (AvgIpc) is 3.53. The van der Waals surface area contributed by atoms with Gasteiger partial charge >= 0.3 is 0 Å². The zero-order valence-electron chi connectivity index (χ0n) is 17.6. The molecule has 1 aromatic carbocycles. The number of para-hydroxylation sites is 1. The fourth-order valence-electron chi connectivity index (χ4n) is 3.84. The van der Waals surface area contributed by atoms with E-state index >= 15 is 0 Å². The highest BCUT2D eigenvalue weighted by Crippen LogP contribution is 2.17. The summed E-state index contributed by atoms with van der Waals surface area (Å²) in [6.45, 7) is 6.01. The van der Waals surface area contributed by atoms with Gasteiger partial charge in [0.05, 0.1) is 12.6 Å². The van der Waals surface area contributed by atoms with Gasteiger partial charge in [-0.05, 0) is 30.9 Å². The van der Waals surface area contributed by atoms with Gasteiger partial charge in [0, 0.05) is 49.8 Å². The molecule has 0 bridgehead atoms. The first-order chi connectivity index (χ1) is 14.8. The molecule has 160 valence electrons. The van der Waals surface area contributed by atoms with Crippen molar-refractivity contribution in [3.8, 4) is 0 Å². The summed E-state index contributed by atoms with van der Waals surface area (Å²) in [7, 11) is 0. The maximum Gasteiger partial charge on any atom is 0.191 e. The van der Waals surface area contributed by atoms with Crippen molar-refractivity contribution in [3.63, 3.8) is 0 Å². The molecule has 0 aliphatic carbocycles. The zero-order valence-corrected chi connectivity index (χ0v) is 17.6. The number of nitrogens with one attached hydrogen (secondary N) is 3. The molecule has 1 unspecified atom stereocenters. The van der Waals surface area contributed by atoms with Crippen LogP contribution in [0.3, 0.4) is 0 Å². The number of nitrogens with zero attached hydrogens (tertiary/aromatic N) is 4. The zero-order chi connectivity index (χ0) is 20.6. The summed E-state index contributed by atoms with van der Waals surface area (Å²) in [6.07, 6.45) is 8.15. The van der Waals surface area contributed by atoms with Crippen LogP contribution in [0.25, 0.3) is 10.9 Å². The summed E-state index contributed by atoms with van der Waals surface area (Å²) in [4.78, 5) is 8.11. The van der Waals surface area contributed by atoms with E-state index in [0.717, 1.165) is 63.7 Å². The monoisotopic (exact) mass is 409 g/mol. The number of H-pyrrole nitrogens is 1. The number of hydrogen-bond acceptors (Lipinski definition) is 4. The van der Waals surface area contributed by atoms with Crippen molar-refractivity contribution >= 4 is 16.9 Å². The van der Waals surface area contributed by atoms with Gasteiger partial charge in [-0.15, -0.1) is 10.2 Å². The number of benzene rings is 1. The molecule has 1 aliphatic rings. The third kappa shape index (κ3) is 5.18. The van der Waals surface area contributed by atoms with E-state index in [2.05, 4.69) is 67.8 Å². The van der Waals surface area contributed by atoms with Crippen LogP contribution in [0.15, 0.2) is 41.8 Å². The van der Waals surface area contributed by atoms with E-state index in [-0.39, 0.29) is 6.10 Å².